The lowest BCUT2D eigenvalue weighted by atomic mass is 9.99. The van der Waals surface area contributed by atoms with Crippen molar-refractivity contribution in [2.45, 2.75) is 12.8 Å². The van der Waals surface area contributed by atoms with Crippen LogP contribution >= 0.6 is 15.9 Å². The molecular weight excluding hydrogens is 256 g/mol. The Kier molecular flexibility index (Phi) is 1.74. The largest absolute Gasteiger partial charge is 0.294 e. The molecule has 0 radical (unpaired) electrons. The van der Waals surface area contributed by atoms with Gasteiger partial charge in [0.25, 0.3) is 0 Å². The number of carbonyl (C=O) groups excluding carboxylic acids is 2. The van der Waals surface area contributed by atoms with E-state index in [1.807, 2.05) is 18.2 Å². The number of halogens is 1. The molecule has 15 heavy (non-hydrogen) atoms. The van der Waals surface area contributed by atoms with Crippen LogP contribution in [0.25, 0.3) is 11.6 Å². The van der Waals surface area contributed by atoms with Gasteiger partial charge in [0.2, 0.25) is 0 Å². The Morgan fingerprint density at radius 1 is 1.13 bits per heavy atom. The molecule has 0 N–H and O–H groups in total. The first-order valence-electron chi connectivity index (χ1n) is 4.76. The average Bonchev–Trinajstić information content (AvgIpc) is 2.49. The highest BCUT2D eigenvalue weighted by Crippen LogP contribution is 2.18. The molecule has 1 aromatic carbocycles. The van der Waals surface area contributed by atoms with Crippen LogP contribution in [0, 0.1) is 0 Å². The van der Waals surface area contributed by atoms with E-state index in [0.717, 1.165) is 20.5 Å². The minimum atomic E-state index is -0.0337. The van der Waals surface area contributed by atoms with E-state index in [0.29, 0.717) is 18.4 Å². The van der Waals surface area contributed by atoms with Crippen LogP contribution < -0.4 is 10.4 Å². The van der Waals surface area contributed by atoms with Crippen molar-refractivity contribution in [3.05, 3.63) is 32.6 Å². The smallest absolute Gasteiger partial charge is 0.171 e. The van der Waals surface area contributed by atoms with Gasteiger partial charge in [-0.1, -0.05) is 22.0 Å². The molecule has 2 nitrogen and oxygen atoms in total. The summed E-state index contributed by atoms with van der Waals surface area (Å²) in [4.78, 5) is 23.3. The topological polar surface area (TPSA) is 34.1 Å². The van der Waals surface area contributed by atoms with E-state index in [1.54, 1.807) is 0 Å². The van der Waals surface area contributed by atoms with Crippen LogP contribution in [0.5, 0.6) is 0 Å². The molecule has 0 amide bonds. The molecule has 0 unspecified atom stereocenters. The highest BCUT2D eigenvalue weighted by Gasteiger charge is 2.28. The molecule has 1 aromatic rings. The van der Waals surface area contributed by atoms with Gasteiger partial charge in [-0.25, -0.2) is 0 Å². The summed E-state index contributed by atoms with van der Waals surface area (Å²) in [6.45, 7) is 0. The maximum absolute atomic E-state index is 11.7. The number of benzene rings is 1. The second-order valence-corrected chi connectivity index (χ2v) is 4.75. The lowest BCUT2D eigenvalue weighted by Gasteiger charge is -2.03. The van der Waals surface area contributed by atoms with Gasteiger partial charge in [-0.2, -0.15) is 0 Å². The lowest BCUT2D eigenvalue weighted by molar-refractivity contribution is -0.117. The molecule has 74 valence electrons. The van der Waals surface area contributed by atoms with Gasteiger partial charge < -0.3 is 0 Å². The Labute approximate surface area is 94.4 Å². The number of rotatable bonds is 0. The Morgan fingerprint density at radius 2 is 1.93 bits per heavy atom. The molecule has 0 heterocycles. The molecule has 0 fully saturated rings. The molecule has 3 rings (SSSR count). The highest BCUT2D eigenvalue weighted by atomic mass is 79.9. The van der Waals surface area contributed by atoms with Crippen LogP contribution in [0.1, 0.15) is 12.0 Å². The third-order valence-corrected chi connectivity index (χ3v) is 3.34. The molecule has 2 aliphatic rings. The first-order chi connectivity index (χ1) is 7.16. The predicted octanol–water partition coefficient (Wildman–Crippen LogP) is 0.478. The fraction of sp³-hybridized carbons (Fsp3) is 0.167. The fourth-order valence-corrected chi connectivity index (χ4v) is 2.82. The van der Waals surface area contributed by atoms with E-state index in [2.05, 4.69) is 15.9 Å². The Balaban J connectivity index is 2.56. The van der Waals surface area contributed by atoms with Crippen LogP contribution in [0.4, 0.5) is 0 Å². The van der Waals surface area contributed by atoms with Gasteiger partial charge in [-0.15, -0.1) is 0 Å². The first kappa shape index (κ1) is 9.04. The molecule has 0 atom stereocenters. The molecule has 0 aliphatic heterocycles. The lowest BCUT2D eigenvalue weighted by Crippen LogP contribution is -2.33. The van der Waals surface area contributed by atoms with Gasteiger partial charge in [0, 0.05) is 17.3 Å². The van der Waals surface area contributed by atoms with E-state index in [-0.39, 0.29) is 11.6 Å². The van der Waals surface area contributed by atoms with Crippen molar-refractivity contribution >= 4 is 39.1 Å². The van der Waals surface area contributed by atoms with E-state index >= 15 is 0 Å². The molecule has 3 heteroatoms. The van der Waals surface area contributed by atoms with E-state index in [4.69, 9.17) is 0 Å². The Bertz CT molecular complexity index is 626. The molecule has 0 spiro atoms. The number of hydrogen-bond donors (Lipinski definition) is 0. The number of carbonyl (C=O) groups is 2. The zero-order valence-electron chi connectivity index (χ0n) is 7.84. The van der Waals surface area contributed by atoms with Gasteiger partial charge in [0.05, 0.1) is 5.57 Å². The molecule has 0 bridgehead atoms. The second-order valence-electron chi connectivity index (χ2n) is 3.84. The van der Waals surface area contributed by atoms with Crippen molar-refractivity contribution in [2.75, 3.05) is 0 Å². The number of Topliss-reactive ketones (excluding diaryl/α,β-unsaturated/α-hetero) is 2. The summed E-state index contributed by atoms with van der Waals surface area (Å²) in [5.74, 6) is -0.0592. The molecule has 0 aromatic heterocycles. The van der Waals surface area contributed by atoms with E-state index < -0.39 is 0 Å². The molecular formula is C12H7BrO2. The van der Waals surface area contributed by atoms with E-state index in [1.165, 1.54) is 0 Å². The molecule has 0 saturated heterocycles. The van der Waals surface area contributed by atoms with Crippen molar-refractivity contribution in [3.8, 4) is 0 Å². The Morgan fingerprint density at radius 3 is 2.73 bits per heavy atom. The van der Waals surface area contributed by atoms with Crippen LogP contribution in [0.3, 0.4) is 0 Å². The third-order valence-electron chi connectivity index (χ3n) is 2.88. The van der Waals surface area contributed by atoms with Gasteiger partial charge in [0.1, 0.15) is 0 Å². The highest BCUT2D eigenvalue weighted by molar-refractivity contribution is 9.10. The van der Waals surface area contributed by atoms with Gasteiger partial charge in [-0.05, 0) is 28.1 Å². The van der Waals surface area contributed by atoms with Crippen molar-refractivity contribution in [2.24, 2.45) is 0 Å². The monoisotopic (exact) mass is 262 g/mol. The third kappa shape index (κ3) is 1.16. The molecule has 2 aliphatic carbocycles. The zero-order chi connectivity index (χ0) is 10.6. The average molecular weight is 263 g/mol. The van der Waals surface area contributed by atoms with Crippen molar-refractivity contribution in [1.82, 2.24) is 0 Å². The standard InChI is InChI=1S/C12H7BrO2/c13-8-3-6-1-2-9(14)12-10(15)5-7(4-8)11(6)12/h1,3-4H,2,5H2. The van der Waals surface area contributed by atoms with Crippen LogP contribution in [-0.4, -0.2) is 11.6 Å². The summed E-state index contributed by atoms with van der Waals surface area (Å²) < 4.78 is 0.968. The summed E-state index contributed by atoms with van der Waals surface area (Å²) in [6, 6.07) is 3.89. The summed E-state index contributed by atoms with van der Waals surface area (Å²) in [7, 11) is 0. The maximum atomic E-state index is 11.7. The summed E-state index contributed by atoms with van der Waals surface area (Å²) >= 11 is 3.41. The molecule has 0 saturated carbocycles. The van der Waals surface area contributed by atoms with Crippen LogP contribution in [-0.2, 0) is 16.0 Å². The minimum absolute atomic E-state index is 0.0255. The number of ketones is 2. The Hall–Kier alpha value is -1.22. The predicted molar refractivity (Wildman–Crippen MR) is 59.6 cm³/mol. The number of hydrogen-bond acceptors (Lipinski definition) is 2. The van der Waals surface area contributed by atoms with Gasteiger partial charge in [0.15, 0.2) is 11.6 Å². The summed E-state index contributed by atoms with van der Waals surface area (Å²) in [5.41, 5.74) is 1.40. The van der Waals surface area contributed by atoms with Crippen molar-refractivity contribution < 1.29 is 9.59 Å². The van der Waals surface area contributed by atoms with Crippen molar-refractivity contribution in [3.63, 3.8) is 0 Å². The maximum Gasteiger partial charge on any atom is 0.171 e. The van der Waals surface area contributed by atoms with Crippen molar-refractivity contribution in [1.29, 1.82) is 0 Å². The zero-order valence-corrected chi connectivity index (χ0v) is 9.43. The minimum Gasteiger partial charge on any atom is -0.294 e. The summed E-state index contributed by atoms with van der Waals surface area (Å²) in [5, 5.41) is 1.89. The second kappa shape index (κ2) is 2.89. The SMILES string of the molecule is O=C1CC=c2cc(Br)cc3c2=C1C(=O)C3. The van der Waals surface area contributed by atoms with E-state index in [9.17, 15) is 9.59 Å². The van der Waals surface area contributed by atoms with Crippen LogP contribution in [0.2, 0.25) is 0 Å². The fourth-order valence-electron chi connectivity index (χ4n) is 2.29. The summed E-state index contributed by atoms with van der Waals surface area (Å²) in [6.07, 6.45) is 2.62. The van der Waals surface area contributed by atoms with Crippen LogP contribution in [0.15, 0.2) is 16.6 Å². The normalized spacial score (nSPS) is 17.8. The first-order valence-corrected chi connectivity index (χ1v) is 5.55. The van der Waals surface area contributed by atoms with Gasteiger partial charge >= 0.3 is 0 Å². The quantitative estimate of drug-likeness (QED) is 0.682. The van der Waals surface area contributed by atoms with Gasteiger partial charge in [-0.3, -0.25) is 9.59 Å².